The summed E-state index contributed by atoms with van der Waals surface area (Å²) in [5.74, 6) is -0.460. The van der Waals surface area contributed by atoms with E-state index in [1.54, 1.807) is 40.1 Å². The molecule has 6 nitrogen and oxygen atoms in total. The lowest BCUT2D eigenvalue weighted by atomic mass is 10.2. The second kappa shape index (κ2) is 8.81. The number of rotatable bonds is 4. The van der Waals surface area contributed by atoms with Gasteiger partial charge in [0.05, 0.1) is 6.54 Å². The van der Waals surface area contributed by atoms with E-state index in [1.807, 2.05) is 24.3 Å². The zero-order valence-electron chi connectivity index (χ0n) is 14.7. The molecular formula is C20H20BrN3O3. The summed E-state index contributed by atoms with van der Waals surface area (Å²) in [5, 5.41) is 2.65. The molecule has 27 heavy (non-hydrogen) atoms. The summed E-state index contributed by atoms with van der Waals surface area (Å²) in [6, 6.07) is 16.1. The Balaban J connectivity index is 1.47. The number of piperazine rings is 1. The molecule has 1 saturated heterocycles. The molecule has 1 N–H and O–H groups in total. The molecular weight excluding hydrogens is 410 g/mol. The van der Waals surface area contributed by atoms with Crippen molar-refractivity contribution in [3.05, 3.63) is 70.2 Å². The summed E-state index contributed by atoms with van der Waals surface area (Å²) < 4.78 is 0.806. The predicted octanol–water partition coefficient (Wildman–Crippen LogP) is 2.16. The minimum atomic E-state index is -0.289. The number of nitrogens with one attached hydrogen (secondary N) is 1. The van der Waals surface area contributed by atoms with Gasteiger partial charge >= 0.3 is 0 Å². The molecule has 3 rings (SSSR count). The number of amides is 3. The molecule has 0 saturated carbocycles. The standard InChI is InChI=1S/C20H20BrN3O3/c21-17-8-4-7-16(13-17)19(26)22-14-18(25)23-9-11-24(12-10-23)20(27)15-5-2-1-3-6-15/h1-8,13H,9-12,14H2,(H,22,26). The van der Waals surface area contributed by atoms with Crippen molar-refractivity contribution in [1.29, 1.82) is 0 Å². The molecule has 0 bridgehead atoms. The molecule has 1 aliphatic heterocycles. The first-order valence-electron chi connectivity index (χ1n) is 8.70. The van der Waals surface area contributed by atoms with Crippen molar-refractivity contribution in [2.75, 3.05) is 32.7 Å². The van der Waals surface area contributed by atoms with Crippen molar-refractivity contribution in [3.8, 4) is 0 Å². The first-order chi connectivity index (χ1) is 13.0. The van der Waals surface area contributed by atoms with E-state index in [2.05, 4.69) is 21.2 Å². The second-order valence-corrected chi connectivity index (χ2v) is 7.15. The summed E-state index contributed by atoms with van der Waals surface area (Å²) in [4.78, 5) is 40.3. The smallest absolute Gasteiger partial charge is 0.253 e. The van der Waals surface area contributed by atoms with Gasteiger partial charge in [-0.2, -0.15) is 0 Å². The van der Waals surface area contributed by atoms with Gasteiger partial charge in [-0.25, -0.2) is 0 Å². The molecule has 0 atom stereocenters. The summed E-state index contributed by atoms with van der Waals surface area (Å²) in [6.45, 7) is 1.84. The van der Waals surface area contributed by atoms with Crippen LogP contribution in [0.4, 0.5) is 0 Å². The third kappa shape index (κ3) is 4.95. The van der Waals surface area contributed by atoms with Gasteiger partial charge in [-0.1, -0.05) is 40.2 Å². The van der Waals surface area contributed by atoms with Crippen LogP contribution in [0.1, 0.15) is 20.7 Å². The maximum atomic E-state index is 12.4. The Hall–Kier alpha value is -2.67. The monoisotopic (exact) mass is 429 g/mol. The largest absolute Gasteiger partial charge is 0.343 e. The fraction of sp³-hybridized carbons (Fsp3) is 0.250. The molecule has 2 aromatic carbocycles. The number of hydrogen-bond acceptors (Lipinski definition) is 3. The van der Waals surface area contributed by atoms with E-state index in [4.69, 9.17) is 0 Å². The molecule has 1 heterocycles. The highest BCUT2D eigenvalue weighted by Gasteiger charge is 2.24. The van der Waals surface area contributed by atoms with Gasteiger partial charge in [0.2, 0.25) is 5.91 Å². The minimum Gasteiger partial charge on any atom is -0.343 e. The van der Waals surface area contributed by atoms with E-state index in [1.165, 1.54) is 0 Å². The molecule has 3 amide bonds. The molecule has 0 aromatic heterocycles. The van der Waals surface area contributed by atoms with Gasteiger partial charge in [0, 0.05) is 41.8 Å². The van der Waals surface area contributed by atoms with Crippen LogP contribution in [0.15, 0.2) is 59.1 Å². The summed E-state index contributed by atoms with van der Waals surface area (Å²) in [7, 11) is 0. The Morgan fingerprint density at radius 1 is 0.852 bits per heavy atom. The van der Waals surface area contributed by atoms with Gasteiger partial charge in [0.15, 0.2) is 0 Å². The molecule has 0 spiro atoms. The number of carbonyl (C=O) groups is 3. The molecule has 7 heteroatoms. The van der Waals surface area contributed by atoms with Gasteiger partial charge in [-0.15, -0.1) is 0 Å². The highest BCUT2D eigenvalue weighted by Crippen LogP contribution is 2.12. The number of benzene rings is 2. The van der Waals surface area contributed by atoms with Gasteiger partial charge in [-0.05, 0) is 30.3 Å². The van der Waals surface area contributed by atoms with Crippen molar-refractivity contribution in [1.82, 2.24) is 15.1 Å². The Morgan fingerprint density at radius 3 is 2.15 bits per heavy atom. The van der Waals surface area contributed by atoms with E-state index in [0.717, 1.165) is 4.47 Å². The Bertz CT molecular complexity index is 833. The SMILES string of the molecule is O=C(NCC(=O)N1CCN(C(=O)c2ccccc2)CC1)c1cccc(Br)c1. The fourth-order valence-electron chi connectivity index (χ4n) is 2.92. The molecule has 0 unspecified atom stereocenters. The summed E-state index contributed by atoms with van der Waals surface area (Å²) in [6.07, 6.45) is 0. The van der Waals surface area contributed by atoms with E-state index in [-0.39, 0.29) is 24.3 Å². The van der Waals surface area contributed by atoms with Crippen LogP contribution in [0, 0.1) is 0 Å². The van der Waals surface area contributed by atoms with Crippen LogP contribution in [0.2, 0.25) is 0 Å². The summed E-state index contributed by atoms with van der Waals surface area (Å²) >= 11 is 3.32. The first-order valence-corrected chi connectivity index (χ1v) is 9.50. The molecule has 140 valence electrons. The lowest BCUT2D eigenvalue weighted by Gasteiger charge is -2.34. The van der Waals surface area contributed by atoms with Crippen LogP contribution < -0.4 is 5.32 Å². The van der Waals surface area contributed by atoms with E-state index >= 15 is 0 Å². The first kappa shape index (κ1) is 19.1. The van der Waals surface area contributed by atoms with Crippen LogP contribution in [0.5, 0.6) is 0 Å². The highest BCUT2D eigenvalue weighted by atomic mass is 79.9. The average Bonchev–Trinajstić information content (AvgIpc) is 2.72. The number of carbonyl (C=O) groups excluding carboxylic acids is 3. The van der Waals surface area contributed by atoms with Gasteiger partial charge in [-0.3, -0.25) is 14.4 Å². The van der Waals surface area contributed by atoms with Crippen LogP contribution in [0.25, 0.3) is 0 Å². The zero-order valence-corrected chi connectivity index (χ0v) is 16.3. The third-order valence-corrected chi connectivity index (χ3v) is 4.92. The molecule has 1 aliphatic rings. The van der Waals surface area contributed by atoms with Gasteiger partial charge in [0.25, 0.3) is 11.8 Å². The van der Waals surface area contributed by atoms with Crippen molar-refractivity contribution >= 4 is 33.7 Å². The van der Waals surface area contributed by atoms with Crippen LogP contribution >= 0.6 is 15.9 Å². The predicted molar refractivity (Wildman–Crippen MR) is 105 cm³/mol. The lowest BCUT2D eigenvalue weighted by Crippen LogP contribution is -2.52. The average molecular weight is 430 g/mol. The lowest BCUT2D eigenvalue weighted by molar-refractivity contribution is -0.131. The van der Waals surface area contributed by atoms with Crippen molar-refractivity contribution in [2.24, 2.45) is 0 Å². The van der Waals surface area contributed by atoms with Crippen LogP contribution in [-0.2, 0) is 4.79 Å². The van der Waals surface area contributed by atoms with E-state index in [9.17, 15) is 14.4 Å². The quantitative estimate of drug-likeness (QED) is 0.809. The van der Waals surface area contributed by atoms with Gasteiger partial charge in [0.1, 0.15) is 0 Å². The number of nitrogens with zero attached hydrogens (tertiary/aromatic N) is 2. The van der Waals surface area contributed by atoms with E-state index in [0.29, 0.717) is 37.3 Å². The Labute approximate surface area is 166 Å². The topological polar surface area (TPSA) is 69.7 Å². The molecule has 2 aromatic rings. The fourth-order valence-corrected chi connectivity index (χ4v) is 3.32. The number of halogens is 1. The van der Waals surface area contributed by atoms with Crippen molar-refractivity contribution in [2.45, 2.75) is 0 Å². The number of hydrogen-bond donors (Lipinski definition) is 1. The van der Waals surface area contributed by atoms with E-state index < -0.39 is 0 Å². The Kier molecular flexibility index (Phi) is 6.24. The van der Waals surface area contributed by atoms with Crippen molar-refractivity contribution in [3.63, 3.8) is 0 Å². The Morgan fingerprint density at radius 2 is 1.48 bits per heavy atom. The maximum absolute atomic E-state index is 12.4. The highest BCUT2D eigenvalue weighted by molar-refractivity contribution is 9.10. The van der Waals surface area contributed by atoms with Crippen LogP contribution in [-0.4, -0.2) is 60.2 Å². The molecule has 1 fully saturated rings. The van der Waals surface area contributed by atoms with Crippen LogP contribution in [0.3, 0.4) is 0 Å². The third-order valence-electron chi connectivity index (χ3n) is 4.43. The normalized spacial score (nSPS) is 14.0. The maximum Gasteiger partial charge on any atom is 0.253 e. The van der Waals surface area contributed by atoms with Gasteiger partial charge < -0.3 is 15.1 Å². The summed E-state index contributed by atoms with van der Waals surface area (Å²) in [5.41, 5.74) is 1.15. The molecule has 0 radical (unpaired) electrons. The molecule has 0 aliphatic carbocycles. The minimum absolute atomic E-state index is 0.0225. The zero-order chi connectivity index (χ0) is 19.2. The second-order valence-electron chi connectivity index (χ2n) is 6.23. The van der Waals surface area contributed by atoms with Crippen molar-refractivity contribution < 1.29 is 14.4 Å².